The standard InChI is InChI=1S/C18H32N2O2/c1-17(2,3)22-16(21)20-12-15(13-20)19-14-6-10-18(11-7-14)8-4-5-9-18/h14-15,19H,4-13H2,1-3H3. The minimum Gasteiger partial charge on any atom is -0.444 e. The molecule has 4 heteroatoms. The lowest BCUT2D eigenvalue weighted by Gasteiger charge is -2.44. The quantitative estimate of drug-likeness (QED) is 0.845. The van der Waals surface area contributed by atoms with E-state index in [0.717, 1.165) is 13.1 Å². The number of likely N-dealkylation sites (tertiary alicyclic amines) is 1. The third-order valence-electron chi connectivity index (χ3n) is 5.72. The van der Waals surface area contributed by atoms with E-state index < -0.39 is 5.60 Å². The summed E-state index contributed by atoms with van der Waals surface area (Å²) in [6.45, 7) is 7.36. The minimum atomic E-state index is -0.394. The molecule has 0 unspecified atom stereocenters. The Morgan fingerprint density at radius 1 is 1.05 bits per heavy atom. The number of ether oxygens (including phenoxy) is 1. The van der Waals surface area contributed by atoms with Gasteiger partial charge in [-0.25, -0.2) is 4.79 Å². The number of hydrogen-bond acceptors (Lipinski definition) is 3. The molecule has 0 aromatic carbocycles. The molecule has 1 spiro atoms. The van der Waals surface area contributed by atoms with Crippen molar-refractivity contribution in [3.8, 4) is 0 Å². The van der Waals surface area contributed by atoms with Gasteiger partial charge in [-0.1, -0.05) is 12.8 Å². The van der Waals surface area contributed by atoms with Crippen molar-refractivity contribution < 1.29 is 9.53 Å². The number of nitrogens with one attached hydrogen (secondary N) is 1. The normalized spacial score (nSPS) is 26.2. The zero-order valence-electron chi connectivity index (χ0n) is 14.5. The van der Waals surface area contributed by atoms with Gasteiger partial charge in [0.2, 0.25) is 0 Å². The number of carbonyl (C=O) groups excluding carboxylic acids is 1. The van der Waals surface area contributed by atoms with Crippen molar-refractivity contribution in [2.45, 2.75) is 89.8 Å². The SMILES string of the molecule is CC(C)(C)OC(=O)N1CC(NC2CCC3(CCCC3)CC2)C1. The summed E-state index contributed by atoms with van der Waals surface area (Å²) in [6, 6.07) is 1.13. The lowest BCUT2D eigenvalue weighted by atomic mass is 9.71. The van der Waals surface area contributed by atoms with Gasteiger partial charge in [0.1, 0.15) is 5.60 Å². The van der Waals surface area contributed by atoms with Crippen LogP contribution >= 0.6 is 0 Å². The van der Waals surface area contributed by atoms with E-state index in [0.29, 0.717) is 17.5 Å². The second kappa shape index (κ2) is 6.03. The van der Waals surface area contributed by atoms with Gasteiger partial charge in [-0.2, -0.15) is 0 Å². The fourth-order valence-electron chi connectivity index (χ4n) is 4.41. The highest BCUT2D eigenvalue weighted by atomic mass is 16.6. The first-order valence-electron chi connectivity index (χ1n) is 9.09. The molecule has 3 rings (SSSR count). The molecule has 3 aliphatic rings. The molecule has 0 atom stereocenters. The molecule has 1 aliphatic heterocycles. The first-order chi connectivity index (χ1) is 10.4. The second-order valence-corrected chi connectivity index (χ2v) is 8.73. The van der Waals surface area contributed by atoms with E-state index >= 15 is 0 Å². The average molecular weight is 308 g/mol. The lowest BCUT2D eigenvalue weighted by Crippen LogP contribution is -2.62. The maximum Gasteiger partial charge on any atom is 0.410 e. The molecule has 2 saturated carbocycles. The van der Waals surface area contributed by atoms with Crippen molar-refractivity contribution in [3.05, 3.63) is 0 Å². The Hall–Kier alpha value is -0.770. The van der Waals surface area contributed by atoms with E-state index in [1.54, 1.807) is 0 Å². The van der Waals surface area contributed by atoms with Crippen LogP contribution in [0.2, 0.25) is 0 Å². The number of carbonyl (C=O) groups is 1. The Labute approximate surface area is 135 Å². The van der Waals surface area contributed by atoms with Gasteiger partial charge in [-0.15, -0.1) is 0 Å². The molecular weight excluding hydrogens is 276 g/mol. The molecule has 0 bridgehead atoms. The van der Waals surface area contributed by atoms with Gasteiger partial charge in [0.15, 0.2) is 0 Å². The topological polar surface area (TPSA) is 41.6 Å². The predicted molar refractivity (Wildman–Crippen MR) is 87.9 cm³/mol. The maximum absolute atomic E-state index is 11.9. The van der Waals surface area contributed by atoms with Crippen LogP contribution in [0, 0.1) is 5.41 Å². The van der Waals surface area contributed by atoms with E-state index in [4.69, 9.17) is 4.74 Å². The zero-order valence-corrected chi connectivity index (χ0v) is 14.5. The van der Waals surface area contributed by atoms with E-state index in [1.807, 2.05) is 25.7 Å². The van der Waals surface area contributed by atoms with Crippen molar-refractivity contribution in [1.29, 1.82) is 0 Å². The largest absolute Gasteiger partial charge is 0.444 e. The van der Waals surface area contributed by atoms with E-state index in [-0.39, 0.29) is 6.09 Å². The summed E-state index contributed by atoms with van der Waals surface area (Å²) in [6.07, 6.45) is 11.1. The maximum atomic E-state index is 11.9. The van der Waals surface area contributed by atoms with Crippen molar-refractivity contribution in [2.75, 3.05) is 13.1 Å². The first-order valence-corrected chi connectivity index (χ1v) is 9.09. The molecule has 1 heterocycles. The van der Waals surface area contributed by atoms with Gasteiger partial charge in [-0.05, 0) is 64.7 Å². The number of hydrogen-bond donors (Lipinski definition) is 1. The summed E-state index contributed by atoms with van der Waals surface area (Å²) < 4.78 is 5.40. The smallest absolute Gasteiger partial charge is 0.410 e. The van der Waals surface area contributed by atoms with Crippen LogP contribution < -0.4 is 5.32 Å². The fraction of sp³-hybridized carbons (Fsp3) is 0.944. The number of rotatable bonds is 2. The van der Waals surface area contributed by atoms with Crippen molar-refractivity contribution in [2.24, 2.45) is 5.41 Å². The summed E-state index contributed by atoms with van der Waals surface area (Å²) >= 11 is 0. The van der Waals surface area contributed by atoms with Gasteiger partial charge in [-0.3, -0.25) is 0 Å². The summed E-state index contributed by atoms with van der Waals surface area (Å²) in [5.41, 5.74) is 0.314. The molecule has 126 valence electrons. The Bertz CT molecular complexity index is 394. The molecule has 2 aliphatic carbocycles. The van der Waals surface area contributed by atoms with Crippen LogP contribution in [0.1, 0.15) is 72.1 Å². The molecule has 1 amide bonds. The summed E-state index contributed by atoms with van der Waals surface area (Å²) in [5.74, 6) is 0. The van der Waals surface area contributed by atoms with E-state index in [9.17, 15) is 4.79 Å². The number of nitrogens with zero attached hydrogens (tertiary/aromatic N) is 1. The van der Waals surface area contributed by atoms with Crippen LogP contribution in [-0.2, 0) is 4.74 Å². The van der Waals surface area contributed by atoms with Crippen LogP contribution in [0.15, 0.2) is 0 Å². The van der Waals surface area contributed by atoms with Gasteiger partial charge in [0.05, 0.1) is 0 Å². The predicted octanol–water partition coefficient (Wildman–Crippen LogP) is 3.70. The molecule has 1 N–H and O–H groups in total. The summed E-state index contributed by atoms with van der Waals surface area (Å²) in [4.78, 5) is 13.7. The molecule has 1 saturated heterocycles. The highest BCUT2D eigenvalue weighted by Gasteiger charge is 2.39. The minimum absolute atomic E-state index is 0.167. The fourth-order valence-corrected chi connectivity index (χ4v) is 4.41. The molecule has 0 aromatic heterocycles. The van der Waals surface area contributed by atoms with E-state index in [1.165, 1.54) is 51.4 Å². The average Bonchev–Trinajstić information content (AvgIpc) is 2.82. The monoisotopic (exact) mass is 308 g/mol. The Balaban J connectivity index is 1.36. The van der Waals surface area contributed by atoms with Crippen LogP contribution in [0.5, 0.6) is 0 Å². The van der Waals surface area contributed by atoms with Crippen LogP contribution in [-0.4, -0.2) is 41.8 Å². The highest BCUT2D eigenvalue weighted by Crippen LogP contribution is 2.48. The second-order valence-electron chi connectivity index (χ2n) is 8.73. The highest BCUT2D eigenvalue weighted by molar-refractivity contribution is 5.69. The third kappa shape index (κ3) is 3.76. The first kappa shape index (κ1) is 16.1. The van der Waals surface area contributed by atoms with Gasteiger partial charge < -0.3 is 15.0 Å². The Kier molecular flexibility index (Phi) is 4.41. The molecular formula is C18H32N2O2. The molecule has 0 radical (unpaired) electrons. The van der Waals surface area contributed by atoms with E-state index in [2.05, 4.69) is 5.32 Å². The van der Waals surface area contributed by atoms with Crippen molar-refractivity contribution in [3.63, 3.8) is 0 Å². The van der Waals surface area contributed by atoms with Gasteiger partial charge in [0.25, 0.3) is 0 Å². The van der Waals surface area contributed by atoms with Crippen LogP contribution in [0.25, 0.3) is 0 Å². The zero-order chi connectivity index (χ0) is 15.8. The van der Waals surface area contributed by atoms with Gasteiger partial charge >= 0.3 is 6.09 Å². The van der Waals surface area contributed by atoms with Gasteiger partial charge in [0, 0.05) is 25.2 Å². The third-order valence-corrected chi connectivity index (χ3v) is 5.72. The molecule has 4 nitrogen and oxygen atoms in total. The lowest BCUT2D eigenvalue weighted by molar-refractivity contribution is 0.00287. The number of amides is 1. The van der Waals surface area contributed by atoms with Crippen molar-refractivity contribution >= 4 is 6.09 Å². The summed E-state index contributed by atoms with van der Waals surface area (Å²) in [7, 11) is 0. The van der Waals surface area contributed by atoms with Crippen LogP contribution in [0.3, 0.4) is 0 Å². The molecule has 22 heavy (non-hydrogen) atoms. The Morgan fingerprint density at radius 3 is 2.18 bits per heavy atom. The summed E-state index contributed by atoms with van der Waals surface area (Å²) in [5, 5.41) is 3.76. The Morgan fingerprint density at radius 2 is 1.64 bits per heavy atom. The molecule has 0 aromatic rings. The van der Waals surface area contributed by atoms with Crippen LogP contribution in [0.4, 0.5) is 4.79 Å². The molecule has 3 fully saturated rings. The van der Waals surface area contributed by atoms with Crippen molar-refractivity contribution in [1.82, 2.24) is 10.2 Å².